The molecule has 0 aliphatic rings. The largest absolute Gasteiger partial charge is 0.456 e. The minimum Gasteiger partial charge on any atom is -0.456 e. The third kappa shape index (κ3) is 3.23. The van der Waals surface area contributed by atoms with Crippen molar-refractivity contribution in [1.82, 2.24) is 0 Å². The fourth-order valence-electron chi connectivity index (χ4n) is 1.70. The lowest BCUT2D eigenvalue weighted by Gasteiger charge is -2.15. The Kier molecular flexibility index (Phi) is 4.20. The molecule has 20 heavy (non-hydrogen) atoms. The number of hydrogen-bond acceptors (Lipinski definition) is 2. The fraction of sp³-hybridized carbons (Fsp3) is 0.143. The van der Waals surface area contributed by atoms with E-state index in [0.29, 0.717) is 10.6 Å². The molecule has 2 aromatic carbocycles. The monoisotopic (exact) mass is 301 g/mol. The predicted molar refractivity (Wildman–Crippen MR) is 70.9 cm³/mol. The first kappa shape index (κ1) is 14.7. The van der Waals surface area contributed by atoms with Gasteiger partial charge >= 0.3 is 6.18 Å². The molecule has 0 unspecified atom stereocenters. The molecular formula is C14H11ClF3NO. The van der Waals surface area contributed by atoms with E-state index >= 15 is 0 Å². The standard InChI is InChI=1S/C14H11ClF3NO/c15-10-6-5-9(8-19)13(7-10)20-12-4-2-1-3-11(12)14(16,17)18/h1-7H,8,19H2. The van der Waals surface area contributed by atoms with Crippen molar-refractivity contribution in [3.8, 4) is 11.5 Å². The summed E-state index contributed by atoms with van der Waals surface area (Å²) < 4.78 is 44.0. The zero-order valence-corrected chi connectivity index (χ0v) is 11.0. The van der Waals surface area contributed by atoms with E-state index in [9.17, 15) is 13.2 Å². The normalized spacial score (nSPS) is 11.4. The Labute approximate surface area is 118 Å². The van der Waals surface area contributed by atoms with Crippen molar-refractivity contribution in [3.63, 3.8) is 0 Å². The number of rotatable bonds is 3. The maximum atomic E-state index is 12.9. The first-order valence-corrected chi connectivity index (χ1v) is 6.12. The van der Waals surface area contributed by atoms with Gasteiger partial charge in [0.15, 0.2) is 0 Å². The number of alkyl halides is 3. The van der Waals surface area contributed by atoms with Crippen LogP contribution in [-0.2, 0) is 12.7 Å². The van der Waals surface area contributed by atoms with Crippen molar-refractivity contribution < 1.29 is 17.9 Å². The van der Waals surface area contributed by atoms with Gasteiger partial charge in [-0.05, 0) is 24.3 Å². The first-order valence-electron chi connectivity index (χ1n) is 5.74. The van der Waals surface area contributed by atoms with Gasteiger partial charge in [-0.15, -0.1) is 0 Å². The van der Waals surface area contributed by atoms with Crippen molar-refractivity contribution in [2.75, 3.05) is 0 Å². The lowest BCUT2D eigenvalue weighted by molar-refractivity contribution is -0.138. The van der Waals surface area contributed by atoms with Crippen molar-refractivity contribution in [2.45, 2.75) is 12.7 Å². The molecule has 0 saturated carbocycles. The summed E-state index contributed by atoms with van der Waals surface area (Å²) in [4.78, 5) is 0. The molecule has 0 radical (unpaired) electrons. The number of nitrogens with two attached hydrogens (primary N) is 1. The highest BCUT2D eigenvalue weighted by atomic mass is 35.5. The SMILES string of the molecule is NCc1ccc(Cl)cc1Oc1ccccc1C(F)(F)F. The second-order valence-corrected chi connectivity index (χ2v) is 4.49. The highest BCUT2D eigenvalue weighted by Gasteiger charge is 2.34. The number of benzene rings is 2. The highest BCUT2D eigenvalue weighted by Crippen LogP contribution is 2.38. The number of halogens is 4. The summed E-state index contributed by atoms with van der Waals surface area (Å²) in [5, 5.41) is 0.363. The summed E-state index contributed by atoms with van der Waals surface area (Å²) in [5.74, 6) is -0.0614. The van der Waals surface area contributed by atoms with Gasteiger partial charge < -0.3 is 10.5 Å². The molecule has 2 aromatic rings. The van der Waals surface area contributed by atoms with Crippen LogP contribution in [0.1, 0.15) is 11.1 Å². The molecule has 0 saturated heterocycles. The van der Waals surface area contributed by atoms with Crippen molar-refractivity contribution in [1.29, 1.82) is 0 Å². The molecular weight excluding hydrogens is 291 g/mol. The summed E-state index contributed by atoms with van der Waals surface area (Å²) in [6.07, 6.45) is -4.49. The number of hydrogen-bond donors (Lipinski definition) is 1. The Morgan fingerprint density at radius 3 is 2.40 bits per heavy atom. The molecule has 0 aromatic heterocycles. The van der Waals surface area contributed by atoms with Crippen LogP contribution in [0.4, 0.5) is 13.2 Å². The predicted octanol–water partition coefficient (Wildman–Crippen LogP) is 4.61. The summed E-state index contributed by atoms with van der Waals surface area (Å²) in [7, 11) is 0. The van der Waals surface area contributed by atoms with E-state index in [4.69, 9.17) is 22.1 Å². The maximum absolute atomic E-state index is 12.9. The minimum atomic E-state index is -4.49. The maximum Gasteiger partial charge on any atom is 0.419 e. The van der Waals surface area contributed by atoms with E-state index in [1.54, 1.807) is 12.1 Å². The average molecular weight is 302 g/mol. The summed E-state index contributed by atoms with van der Waals surface area (Å²) >= 11 is 5.83. The molecule has 6 heteroatoms. The molecule has 0 spiro atoms. The molecule has 2 N–H and O–H groups in total. The summed E-state index contributed by atoms with van der Waals surface area (Å²) in [6.45, 7) is 0.140. The fourth-order valence-corrected chi connectivity index (χ4v) is 1.86. The Balaban J connectivity index is 2.43. The lowest BCUT2D eigenvalue weighted by atomic mass is 10.1. The quantitative estimate of drug-likeness (QED) is 0.898. The van der Waals surface area contributed by atoms with Crippen LogP contribution in [0.2, 0.25) is 5.02 Å². The Hall–Kier alpha value is -1.72. The number of ether oxygens (including phenoxy) is 1. The summed E-state index contributed by atoms with van der Waals surface area (Å²) in [5.41, 5.74) is 5.26. The van der Waals surface area contributed by atoms with Crippen LogP contribution in [-0.4, -0.2) is 0 Å². The smallest absolute Gasteiger partial charge is 0.419 e. The Morgan fingerprint density at radius 1 is 1.05 bits per heavy atom. The zero-order chi connectivity index (χ0) is 14.8. The van der Waals surface area contributed by atoms with E-state index in [2.05, 4.69) is 0 Å². The lowest BCUT2D eigenvalue weighted by Crippen LogP contribution is -2.07. The van der Waals surface area contributed by atoms with Crippen LogP contribution >= 0.6 is 11.6 Å². The molecule has 0 heterocycles. The summed E-state index contributed by atoms with van der Waals surface area (Å²) in [6, 6.07) is 9.65. The Bertz CT molecular complexity index is 614. The first-order chi connectivity index (χ1) is 9.41. The zero-order valence-electron chi connectivity index (χ0n) is 10.2. The average Bonchev–Trinajstić information content (AvgIpc) is 2.38. The van der Waals surface area contributed by atoms with Crippen molar-refractivity contribution in [3.05, 3.63) is 58.6 Å². The van der Waals surface area contributed by atoms with Crippen LogP contribution in [0, 0.1) is 0 Å². The molecule has 2 nitrogen and oxygen atoms in total. The highest BCUT2D eigenvalue weighted by molar-refractivity contribution is 6.30. The molecule has 2 rings (SSSR count). The van der Waals surface area contributed by atoms with Gasteiger partial charge in [0, 0.05) is 17.1 Å². The molecule has 106 valence electrons. The topological polar surface area (TPSA) is 35.2 Å². The Morgan fingerprint density at radius 2 is 1.75 bits per heavy atom. The van der Waals surface area contributed by atoms with Crippen LogP contribution in [0.5, 0.6) is 11.5 Å². The van der Waals surface area contributed by atoms with E-state index < -0.39 is 11.7 Å². The molecule has 0 atom stereocenters. The van der Waals surface area contributed by atoms with Crippen LogP contribution < -0.4 is 10.5 Å². The third-order valence-corrected chi connectivity index (χ3v) is 2.90. The molecule has 0 bridgehead atoms. The van der Waals surface area contributed by atoms with E-state index in [1.165, 1.54) is 24.3 Å². The van der Waals surface area contributed by atoms with Crippen LogP contribution in [0.25, 0.3) is 0 Å². The minimum absolute atomic E-state index is 0.140. The van der Waals surface area contributed by atoms with E-state index in [-0.39, 0.29) is 18.0 Å². The molecule has 0 aliphatic heterocycles. The van der Waals surface area contributed by atoms with Gasteiger partial charge in [0.25, 0.3) is 0 Å². The van der Waals surface area contributed by atoms with Gasteiger partial charge in [0.2, 0.25) is 0 Å². The van der Waals surface area contributed by atoms with Gasteiger partial charge in [-0.3, -0.25) is 0 Å². The van der Waals surface area contributed by atoms with Crippen LogP contribution in [0.3, 0.4) is 0 Å². The molecule has 0 amide bonds. The second-order valence-electron chi connectivity index (χ2n) is 4.05. The molecule has 0 fully saturated rings. The number of para-hydroxylation sites is 1. The van der Waals surface area contributed by atoms with Gasteiger partial charge in [-0.1, -0.05) is 29.8 Å². The van der Waals surface area contributed by atoms with Gasteiger partial charge in [-0.2, -0.15) is 13.2 Å². The third-order valence-electron chi connectivity index (χ3n) is 2.66. The van der Waals surface area contributed by atoms with E-state index in [1.807, 2.05) is 0 Å². The van der Waals surface area contributed by atoms with Gasteiger partial charge in [-0.25, -0.2) is 0 Å². The van der Waals surface area contributed by atoms with Crippen LogP contribution in [0.15, 0.2) is 42.5 Å². The van der Waals surface area contributed by atoms with Gasteiger partial charge in [0.1, 0.15) is 11.5 Å². The molecule has 0 aliphatic carbocycles. The van der Waals surface area contributed by atoms with Gasteiger partial charge in [0.05, 0.1) is 5.56 Å². The van der Waals surface area contributed by atoms with Crippen molar-refractivity contribution >= 4 is 11.6 Å². The van der Waals surface area contributed by atoms with Crippen molar-refractivity contribution in [2.24, 2.45) is 5.73 Å². The van der Waals surface area contributed by atoms with E-state index in [0.717, 1.165) is 6.07 Å². The second kappa shape index (κ2) is 5.73.